The van der Waals surface area contributed by atoms with Gasteiger partial charge in [0, 0.05) is 11.4 Å². The molecule has 1 aromatic carbocycles. The molecule has 0 spiro atoms. The number of H-pyrrole nitrogens is 1. The number of nitrogens with one attached hydrogen (secondary N) is 1. The van der Waals surface area contributed by atoms with Gasteiger partial charge in [-0.25, -0.2) is 9.59 Å². The van der Waals surface area contributed by atoms with Crippen LogP contribution in [0.5, 0.6) is 5.75 Å². The minimum absolute atomic E-state index is 0.259. The molecule has 0 saturated carbocycles. The smallest absolute Gasteiger partial charge is 0.346 e. The van der Waals surface area contributed by atoms with E-state index in [9.17, 15) is 9.59 Å². The molecule has 2 aromatic rings. The first-order chi connectivity index (χ1) is 11.0. The summed E-state index contributed by atoms with van der Waals surface area (Å²) in [6.07, 6.45) is 0. The molecule has 1 heterocycles. The number of aromatic amines is 1. The van der Waals surface area contributed by atoms with Crippen molar-refractivity contribution < 1.29 is 14.3 Å². The Bertz CT molecular complexity index is 763. The van der Waals surface area contributed by atoms with Crippen LogP contribution >= 0.6 is 23.4 Å². The van der Waals surface area contributed by atoms with Crippen molar-refractivity contribution in [2.24, 2.45) is 0 Å². The predicted molar refractivity (Wildman–Crippen MR) is 88.6 cm³/mol. The summed E-state index contributed by atoms with van der Waals surface area (Å²) < 4.78 is 10.3. The summed E-state index contributed by atoms with van der Waals surface area (Å²) in [4.78, 5) is 29.6. The highest BCUT2D eigenvalue weighted by atomic mass is 35.5. The van der Waals surface area contributed by atoms with E-state index in [0.29, 0.717) is 33.9 Å². The van der Waals surface area contributed by atoms with E-state index in [2.05, 4.69) is 9.97 Å². The number of benzene rings is 1. The standard InChI is InChI=1S/C15H15ClN2O4S/c1-9-12(14(19)21-2)13(18-15(20)17-9)23-8-7-22-11-6-4-3-5-10(11)16/h3-6H,7-8H2,1-2H3,(H,17,18,20). The van der Waals surface area contributed by atoms with Gasteiger partial charge in [0.15, 0.2) is 0 Å². The molecule has 0 unspecified atom stereocenters. The molecule has 0 aliphatic carbocycles. The Hall–Kier alpha value is -1.99. The number of rotatable bonds is 6. The van der Waals surface area contributed by atoms with Gasteiger partial charge in [-0.05, 0) is 19.1 Å². The van der Waals surface area contributed by atoms with E-state index < -0.39 is 11.7 Å². The molecule has 0 amide bonds. The van der Waals surface area contributed by atoms with E-state index in [1.54, 1.807) is 19.1 Å². The zero-order valence-corrected chi connectivity index (χ0v) is 14.2. The fourth-order valence-electron chi connectivity index (χ4n) is 1.86. The number of carbonyl (C=O) groups is 1. The Kier molecular flexibility index (Phi) is 6.06. The largest absolute Gasteiger partial charge is 0.491 e. The number of hydrogen-bond acceptors (Lipinski definition) is 6. The van der Waals surface area contributed by atoms with Crippen molar-refractivity contribution in [3.05, 3.63) is 51.0 Å². The Morgan fingerprint density at radius 3 is 2.83 bits per heavy atom. The van der Waals surface area contributed by atoms with Crippen LogP contribution in [0.3, 0.4) is 0 Å². The molecule has 122 valence electrons. The number of hydrogen-bond donors (Lipinski definition) is 1. The van der Waals surface area contributed by atoms with E-state index in [1.807, 2.05) is 12.1 Å². The third-order valence-corrected chi connectivity index (χ3v) is 4.14. The van der Waals surface area contributed by atoms with E-state index in [-0.39, 0.29) is 5.56 Å². The second-order valence-corrected chi connectivity index (χ2v) is 5.96. The number of thioether (sulfide) groups is 1. The van der Waals surface area contributed by atoms with Gasteiger partial charge in [0.2, 0.25) is 0 Å². The molecule has 1 N–H and O–H groups in total. The Balaban J connectivity index is 2.04. The quantitative estimate of drug-likeness (QED) is 0.372. The minimum atomic E-state index is -0.541. The molecule has 0 aliphatic heterocycles. The lowest BCUT2D eigenvalue weighted by Gasteiger charge is -2.10. The van der Waals surface area contributed by atoms with Gasteiger partial charge >= 0.3 is 11.7 Å². The third-order valence-electron chi connectivity index (χ3n) is 2.89. The Labute approximate surface area is 142 Å². The highest BCUT2D eigenvalue weighted by Gasteiger charge is 2.18. The SMILES string of the molecule is COC(=O)c1c(SCCOc2ccccc2Cl)nc(=O)[nH]c1C. The van der Waals surface area contributed by atoms with Crippen molar-refractivity contribution >= 4 is 29.3 Å². The van der Waals surface area contributed by atoms with Gasteiger partial charge in [-0.3, -0.25) is 0 Å². The maximum absolute atomic E-state index is 11.8. The van der Waals surface area contributed by atoms with Crippen LogP contribution in [0, 0.1) is 6.92 Å². The van der Waals surface area contributed by atoms with E-state index in [4.69, 9.17) is 21.1 Å². The molecule has 1 aromatic heterocycles. The molecule has 0 saturated heterocycles. The van der Waals surface area contributed by atoms with Crippen molar-refractivity contribution in [3.63, 3.8) is 0 Å². The number of halogens is 1. The molecule has 6 nitrogen and oxygen atoms in total. The van der Waals surface area contributed by atoms with Crippen LogP contribution < -0.4 is 10.4 Å². The van der Waals surface area contributed by atoms with Gasteiger partial charge in [0.25, 0.3) is 0 Å². The molecule has 0 bridgehead atoms. The van der Waals surface area contributed by atoms with Gasteiger partial charge in [-0.2, -0.15) is 4.98 Å². The van der Waals surface area contributed by atoms with Crippen LogP contribution in [-0.2, 0) is 4.74 Å². The number of carbonyl (C=O) groups excluding carboxylic acids is 1. The monoisotopic (exact) mass is 354 g/mol. The van der Waals surface area contributed by atoms with Gasteiger partial charge in [0.1, 0.15) is 16.3 Å². The number of aromatic nitrogens is 2. The highest BCUT2D eigenvalue weighted by molar-refractivity contribution is 7.99. The van der Waals surface area contributed by atoms with Crippen LogP contribution in [0.4, 0.5) is 0 Å². The molecule has 0 atom stereocenters. The lowest BCUT2D eigenvalue weighted by atomic mass is 10.2. The van der Waals surface area contributed by atoms with E-state index in [0.717, 1.165) is 0 Å². The Morgan fingerprint density at radius 1 is 1.39 bits per heavy atom. The van der Waals surface area contributed by atoms with Gasteiger partial charge < -0.3 is 14.5 Å². The molecule has 2 rings (SSSR count). The number of methoxy groups -OCH3 is 1. The minimum Gasteiger partial charge on any atom is -0.491 e. The number of para-hydroxylation sites is 1. The van der Waals surface area contributed by atoms with Crippen molar-refractivity contribution in [1.82, 2.24) is 9.97 Å². The summed E-state index contributed by atoms with van der Waals surface area (Å²) in [5, 5.41) is 0.846. The number of nitrogens with zero attached hydrogens (tertiary/aromatic N) is 1. The molecule has 0 radical (unpaired) electrons. The van der Waals surface area contributed by atoms with E-state index in [1.165, 1.54) is 18.9 Å². The van der Waals surface area contributed by atoms with E-state index >= 15 is 0 Å². The van der Waals surface area contributed by atoms with Crippen molar-refractivity contribution in [2.45, 2.75) is 11.9 Å². The third kappa shape index (κ3) is 4.49. The first-order valence-electron chi connectivity index (χ1n) is 6.72. The molecule has 0 fully saturated rings. The summed E-state index contributed by atoms with van der Waals surface area (Å²) in [6.45, 7) is 1.97. The summed E-state index contributed by atoms with van der Waals surface area (Å²) in [6, 6.07) is 7.14. The number of aryl methyl sites for hydroxylation is 1. The van der Waals surface area contributed by atoms with Crippen LogP contribution in [0.1, 0.15) is 16.1 Å². The molecule has 23 heavy (non-hydrogen) atoms. The zero-order chi connectivity index (χ0) is 16.8. The summed E-state index contributed by atoms with van der Waals surface area (Å²) in [5.41, 5.74) is 0.172. The maximum Gasteiger partial charge on any atom is 0.346 e. The number of ether oxygens (including phenoxy) is 2. The van der Waals surface area contributed by atoms with Crippen LogP contribution in [0.25, 0.3) is 0 Å². The first-order valence-corrected chi connectivity index (χ1v) is 8.08. The molecular formula is C15H15ClN2O4S. The zero-order valence-electron chi connectivity index (χ0n) is 12.6. The fraction of sp³-hybridized carbons (Fsp3) is 0.267. The molecule has 0 aliphatic rings. The number of esters is 1. The molecular weight excluding hydrogens is 340 g/mol. The van der Waals surface area contributed by atoms with Gasteiger partial charge in [-0.1, -0.05) is 23.7 Å². The average molecular weight is 355 g/mol. The summed E-state index contributed by atoms with van der Waals surface area (Å²) >= 11 is 7.24. The lowest BCUT2D eigenvalue weighted by molar-refractivity contribution is 0.0594. The van der Waals surface area contributed by atoms with Crippen molar-refractivity contribution in [3.8, 4) is 5.75 Å². The lowest BCUT2D eigenvalue weighted by Crippen LogP contribution is -2.19. The van der Waals surface area contributed by atoms with Crippen molar-refractivity contribution in [1.29, 1.82) is 0 Å². The van der Waals surface area contributed by atoms with Crippen LogP contribution in [0.15, 0.2) is 34.1 Å². The fourth-order valence-corrected chi connectivity index (χ4v) is 2.94. The summed E-state index contributed by atoms with van der Waals surface area (Å²) in [7, 11) is 1.28. The molecule has 8 heteroatoms. The second-order valence-electron chi connectivity index (χ2n) is 4.47. The van der Waals surface area contributed by atoms with Gasteiger partial charge in [-0.15, -0.1) is 11.8 Å². The maximum atomic E-state index is 11.8. The van der Waals surface area contributed by atoms with Gasteiger partial charge in [0.05, 0.1) is 18.7 Å². The van der Waals surface area contributed by atoms with Crippen molar-refractivity contribution in [2.75, 3.05) is 19.5 Å². The summed E-state index contributed by atoms with van der Waals surface area (Å²) in [5.74, 6) is 0.532. The van der Waals surface area contributed by atoms with Crippen LogP contribution in [-0.4, -0.2) is 35.4 Å². The Morgan fingerprint density at radius 2 is 2.13 bits per heavy atom. The topological polar surface area (TPSA) is 81.3 Å². The second kappa shape index (κ2) is 8.03. The highest BCUT2D eigenvalue weighted by Crippen LogP contribution is 2.25. The normalized spacial score (nSPS) is 10.4. The predicted octanol–water partition coefficient (Wildman–Crippen LogP) is 2.69. The average Bonchev–Trinajstić information content (AvgIpc) is 2.52. The first kappa shape index (κ1) is 17.4. The van der Waals surface area contributed by atoms with Crippen LogP contribution in [0.2, 0.25) is 5.02 Å².